The summed E-state index contributed by atoms with van der Waals surface area (Å²) in [5.41, 5.74) is 7.21. The molecule has 0 aliphatic rings. The van der Waals surface area contributed by atoms with E-state index < -0.39 is 0 Å². The van der Waals surface area contributed by atoms with Crippen molar-refractivity contribution in [1.29, 1.82) is 0 Å². The molecule has 0 saturated carbocycles. The molecule has 0 aliphatic carbocycles. The van der Waals surface area contributed by atoms with Crippen LogP contribution in [0.5, 0.6) is 0 Å². The van der Waals surface area contributed by atoms with E-state index in [1.54, 1.807) is 6.20 Å². The van der Waals surface area contributed by atoms with Crippen LogP contribution in [-0.2, 0) is 6.42 Å². The van der Waals surface area contributed by atoms with Crippen LogP contribution in [0.1, 0.15) is 26.3 Å². The minimum atomic E-state index is 0.202. The van der Waals surface area contributed by atoms with E-state index in [9.17, 15) is 0 Å². The molecule has 2 N–H and O–H groups in total. The van der Waals surface area contributed by atoms with E-state index in [1.807, 2.05) is 24.5 Å². The molecular formula is C20H21N5. The van der Waals surface area contributed by atoms with Gasteiger partial charge in [0.25, 0.3) is 0 Å². The van der Waals surface area contributed by atoms with Gasteiger partial charge in [-0.25, -0.2) is 9.97 Å². The van der Waals surface area contributed by atoms with Gasteiger partial charge in [0.15, 0.2) is 5.65 Å². The van der Waals surface area contributed by atoms with Crippen molar-refractivity contribution < 1.29 is 0 Å². The Labute approximate surface area is 146 Å². The van der Waals surface area contributed by atoms with Gasteiger partial charge in [-0.1, -0.05) is 39.0 Å². The van der Waals surface area contributed by atoms with Crippen molar-refractivity contribution in [2.45, 2.75) is 27.2 Å². The first-order valence-electron chi connectivity index (χ1n) is 8.43. The lowest BCUT2D eigenvalue weighted by Gasteiger charge is -2.16. The molecule has 0 fully saturated rings. The van der Waals surface area contributed by atoms with Crippen molar-refractivity contribution in [2.75, 3.05) is 0 Å². The zero-order chi connectivity index (χ0) is 17.4. The summed E-state index contributed by atoms with van der Waals surface area (Å²) in [5.74, 6) is 0. The van der Waals surface area contributed by atoms with E-state index in [0.717, 1.165) is 40.1 Å². The molecule has 4 rings (SSSR count). The monoisotopic (exact) mass is 331 g/mol. The number of fused-ring (bicyclic) bond motifs is 1. The summed E-state index contributed by atoms with van der Waals surface area (Å²) in [7, 11) is 0. The van der Waals surface area contributed by atoms with Crippen LogP contribution in [0, 0.1) is 5.41 Å². The fraction of sp³-hybridized carbons (Fsp3) is 0.250. The van der Waals surface area contributed by atoms with Crippen LogP contribution in [0.25, 0.3) is 33.7 Å². The Hall–Kier alpha value is -2.95. The minimum absolute atomic E-state index is 0.202. The van der Waals surface area contributed by atoms with Gasteiger partial charge in [-0.05, 0) is 29.5 Å². The number of hydrogen-bond acceptors (Lipinski definition) is 3. The zero-order valence-electron chi connectivity index (χ0n) is 14.7. The fourth-order valence-corrected chi connectivity index (χ4v) is 3.05. The second-order valence-electron chi connectivity index (χ2n) is 7.55. The molecule has 3 heterocycles. The Balaban J connectivity index is 1.77. The van der Waals surface area contributed by atoms with Crippen LogP contribution >= 0.6 is 0 Å². The number of H-pyrrole nitrogens is 2. The SMILES string of the molecule is CC(C)(C)Cc1c[nH]c2ncc(-c3cccc(-c4ccn[nH]4)c3)nc12. The van der Waals surface area contributed by atoms with Gasteiger partial charge in [0.05, 0.1) is 17.6 Å². The number of rotatable bonds is 3. The maximum Gasteiger partial charge on any atom is 0.156 e. The molecule has 1 aromatic carbocycles. The first kappa shape index (κ1) is 15.6. The van der Waals surface area contributed by atoms with E-state index in [1.165, 1.54) is 5.56 Å². The third-order valence-corrected chi connectivity index (χ3v) is 4.15. The molecule has 0 spiro atoms. The fourth-order valence-electron chi connectivity index (χ4n) is 3.05. The lowest BCUT2D eigenvalue weighted by atomic mass is 9.89. The Morgan fingerprint density at radius 1 is 1.08 bits per heavy atom. The van der Waals surface area contributed by atoms with E-state index in [4.69, 9.17) is 4.98 Å². The molecule has 3 aromatic heterocycles. The summed E-state index contributed by atoms with van der Waals surface area (Å²) in [6.45, 7) is 6.70. The van der Waals surface area contributed by atoms with Gasteiger partial charge in [0.2, 0.25) is 0 Å². The third kappa shape index (κ3) is 3.18. The van der Waals surface area contributed by atoms with Gasteiger partial charge in [-0.2, -0.15) is 5.10 Å². The maximum atomic E-state index is 4.89. The third-order valence-electron chi connectivity index (χ3n) is 4.15. The molecule has 0 unspecified atom stereocenters. The summed E-state index contributed by atoms with van der Waals surface area (Å²) in [6.07, 6.45) is 6.57. The lowest BCUT2D eigenvalue weighted by molar-refractivity contribution is 0.412. The topological polar surface area (TPSA) is 70.2 Å². The van der Waals surface area contributed by atoms with E-state index in [-0.39, 0.29) is 5.41 Å². The highest BCUT2D eigenvalue weighted by atomic mass is 15.1. The highest BCUT2D eigenvalue weighted by Crippen LogP contribution is 2.28. The largest absolute Gasteiger partial charge is 0.345 e. The predicted octanol–water partition coefficient (Wildman–Crippen LogP) is 4.60. The van der Waals surface area contributed by atoms with Crippen LogP contribution < -0.4 is 0 Å². The maximum absolute atomic E-state index is 4.89. The predicted molar refractivity (Wildman–Crippen MR) is 100 cm³/mol. The van der Waals surface area contributed by atoms with Gasteiger partial charge in [0, 0.05) is 23.5 Å². The molecular weight excluding hydrogens is 310 g/mol. The Morgan fingerprint density at radius 3 is 2.68 bits per heavy atom. The Bertz CT molecular complexity index is 1010. The summed E-state index contributed by atoms with van der Waals surface area (Å²) in [6, 6.07) is 10.2. The molecule has 0 atom stereocenters. The number of hydrogen-bond donors (Lipinski definition) is 2. The van der Waals surface area contributed by atoms with Crippen molar-refractivity contribution in [3.8, 4) is 22.5 Å². The number of aromatic nitrogens is 5. The molecule has 0 saturated heterocycles. The molecule has 4 aromatic rings. The first-order valence-corrected chi connectivity index (χ1v) is 8.43. The molecule has 25 heavy (non-hydrogen) atoms. The van der Waals surface area contributed by atoms with Crippen molar-refractivity contribution in [2.24, 2.45) is 5.41 Å². The van der Waals surface area contributed by atoms with E-state index in [0.29, 0.717) is 0 Å². The van der Waals surface area contributed by atoms with Gasteiger partial charge in [-0.3, -0.25) is 5.10 Å². The number of nitrogens with one attached hydrogen (secondary N) is 2. The first-order chi connectivity index (χ1) is 12.0. The number of nitrogens with zero attached hydrogens (tertiary/aromatic N) is 3. The van der Waals surface area contributed by atoms with Gasteiger partial charge in [0.1, 0.15) is 5.52 Å². The van der Waals surface area contributed by atoms with Crippen molar-refractivity contribution >= 4 is 11.2 Å². The molecule has 0 amide bonds. The minimum Gasteiger partial charge on any atom is -0.345 e. The quantitative estimate of drug-likeness (QED) is 0.576. The van der Waals surface area contributed by atoms with Crippen LogP contribution in [0.3, 0.4) is 0 Å². The summed E-state index contributed by atoms with van der Waals surface area (Å²) >= 11 is 0. The van der Waals surface area contributed by atoms with Gasteiger partial charge in [-0.15, -0.1) is 0 Å². The van der Waals surface area contributed by atoms with Crippen molar-refractivity contribution in [3.63, 3.8) is 0 Å². The summed E-state index contributed by atoms with van der Waals surface area (Å²) < 4.78 is 0. The van der Waals surface area contributed by atoms with E-state index >= 15 is 0 Å². The van der Waals surface area contributed by atoms with Crippen LogP contribution in [-0.4, -0.2) is 25.1 Å². The van der Waals surface area contributed by atoms with E-state index in [2.05, 4.69) is 59.1 Å². The molecule has 0 aliphatic heterocycles. The highest BCUT2D eigenvalue weighted by molar-refractivity contribution is 5.79. The number of aromatic amines is 2. The van der Waals surface area contributed by atoms with Crippen molar-refractivity contribution in [1.82, 2.24) is 25.1 Å². The van der Waals surface area contributed by atoms with Gasteiger partial charge < -0.3 is 4.98 Å². The summed E-state index contributed by atoms with van der Waals surface area (Å²) in [5, 5.41) is 7.02. The molecule has 126 valence electrons. The lowest BCUT2D eigenvalue weighted by Crippen LogP contribution is -2.08. The molecule has 0 radical (unpaired) electrons. The summed E-state index contributed by atoms with van der Waals surface area (Å²) in [4.78, 5) is 12.7. The van der Waals surface area contributed by atoms with Crippen LogP contribution in [0.2, 0.25) is 0 Å². The second-order valence-corrected chi connectivity index (χ2v) is 7.55. The smallest absolute Gasteiger partial charge is 0.156 e. The number of benzene rings is 1. The zero-order valence-corrected chi connectivity index (χ0v) is 14.7. The standard InChI is InChI=1S/C20H21N5/c1-20(2,3)10-15-11-21-19-18(15)24-17(12-22-19)14-6-4-5-13(9-14)16-7-8-23-25-16/h4-9,11-12H,10H2,1-3H3,(H,21,22)(H,23,25). The normalized spacial score (nSPS) is 12.0. The van der Waals surface area contributed by atoms with Crippen LogP contribution in [0.15, 0.2) is 48.9 Å². The molecule has 0 bridgehead atoms. The average molecular weight is 331 g/mol. The van der Waals surface area contributed by atoms with Gasteiger partial charge >= 0.3 is 0 Å². The Morgan fingerprint density at radius 2 is 1.92 bits per heavy atom. The van der Waals surface area contributed by atoms with Crippen molar-refractivity contribution in [3.05, 3.63) is 54.5 Å². The molecule has 5 heteroatoms. The van der Waals surface area contributed by atoms with Crippen LogP contribution in [0.4, 0.5) is 0 Å². The average Bonchev–Trinajstić information content (AvgIpc) is 3.24. The highest BCUT2D eigenvalue weighted by Gasteiger charge is 2.16. The molecule has 5 nitrogen and oxygen atoms in total. The Kier molecular flexibility index (Phi) is 3.64. The second kappa shape index (κ2) is 5.84.